The summed E-state index contributed by atoms with van der Waals surface area (Å²) in [4.78, 5) is 4.28. The molecule has 0 spiro atoms. The third kappa shape index (κ3) is 3.70. The van der Waals surface area contributed by atoms with Crippen LogP contribution in [0, 0.1) is 5.92 Å². The Bertz CT molecular complexity index is 328. The maximum Gasteiger partial charge on any atom is 0.217 e. The van der Waals surface area contributed by atoms with Crippen molar-refractivity contribution in [1.29, 1.82) is 0 Å². The van der Waals surface area contributed by atoms with Crippen LogP contribution in [-0.4, -0.2) is 18.6 Å². The molecule has 0 saturated carbocycles. The summed E-state index contributed by atoms with van der Waals surface area (Å²) in [6, 6.07) is 4.40. The highest BCUT2D eigenvalue weighted by Crippen LogP contribution is 2.30. The first-order valence-corrected chi connectivity index (χ1v) is 6.46. The summed E-state index contributed by atoms with van der Waals surface area (Å²) in [6.07, 6.45) is 4.18. The summed E-state index contributed by atoms with van der Waals surface area (Å²) in [7, 11) is 1.68. The summed E-state index contributed by atoms with van der Waals surface area (Å²) in [5.74, 6) is 1.32. The van der Waals surface area contributed by atoms with Crippen LogP contribution in [0.2, 0.25) is 0 Å². The third-order valence-corrected chi connectivity index (χ3v) is 3.07. The Morgan fingerprint density at radius 1 is 1.41 bits per heavy atom. The fraction of sp³-hybridized carbons (Fsp3) is 0.643. The van der Waals surface area contributed by atoms with E-state index in [-0.39, 0.29) is 0 Å². The fourth-order valence-corrected chi connectivity index (χ4v) is 2.27. The molecule has 1 rings (SSSR count). The molecule has 0 bridgehead atoms. The van der Waals surface area contributed by atoms with Gasteiger partial charge in [-0.3, -0.25) is 0 Å². The Labute approximate surface area is 105 Å². The Balaban J connectivity index is 2.95. The van der Waals surface area contributed by atoms with Gasteiger partial charge in [-0.25, -0.2) is 4.98 Å². The van der Waals surface area contributed by atoms with Gasteiger partial charge < -0.3 is 10.1 Å². The fourth-order valence-electron chi connectivity index (χ4n) is 2.27. The zero-order valence-corrected chi connectivity index (χ0v) is 11.4. The highest BCUT2D eigenvalue weighted by Gasteiger charge is 2.21. The molecule has 0 saturated heterocycles. The normalized spacial score (nSPS) is 14.4. The van der Waals surface area contributed by atoms with Gasteiger partial charge in [-0.15, -0.1) is 0 Å². The molecule has 0 aliphatic heterocycles. The second-order valence-corrected chi connectivity index (χ2v) is 4.40. The quantitative estimate of drug-likeness (QED) is 0.789. The lowest BCUT2D eigenvalue weighted by atomic mass is 9.91. The summed E-state index contributed by atoms with van der Waals surface area (Å²) in [5.41, 5.74) is 1.16. The smallest absolute Gasteiger partial charge is 0.217 e. The van der Waals surface area contributed by atoms with Crippen molar-refractivity contribution in [3.63, 3.8) is 0 Å². The van der Waals surface area contributed by atoms with E-state index < -0.39 is 0 Å². The molecule has 0 radical (unpaired) electrons. The molecule has 96 valence electrons. The van der Waals surface area contributed by atoms with Crippen molar-refractivity contribution in [1.82, 2.24) is 10.3 Å². The third-order valence-electron chi connectivity index (χ3n) is 3.07. The molecule has 0 aliphatic carbocycles. The Morgan fingerprint density at radius 3 is 2.76 bits per heavy atom. The average molecular weight is 236 g/mol. The van der Waals surface area contributed by atoms with Crippen LogP contribution in [0.3, 0.4) is 0 Å². The maximum absolute atomic E-state index is 5.35. The Hall–Kier alpha value is -1.09. The van der Waals surface area contributed by atoms with Gasteiger partial charge >= 0.3 is 0 Å². The van der Waals surface area contributed by atoms with Crippen molar-refractivity contribution in [3.8, 4) is 5.88 Å². The minimum atomic E-state index is 0.323. The molecule has 0 aliphatic rings. The van der Waals surface area contributed by atoms with Crippen LogP contribution in [0.5, 0.6) is 5.88 Å². The predicted octanol–water partition coefficient (Wildman–Crippen LogP) is 3.18. The molecule has 1 heterocycles. The highest BCUT2D eigenvalue weighted by molar-refractivity contribution is 5.29. The number of rotatable bonds is 7. The van der Waals surface area contributed by atoms with Gasteiger partial charge in [0.2, 0.25) is 5.88 Å². The van der Waals surface area contributed by atoms with Gasteiger partial charge in [0.05, 0.1) is 7.11 Å². The van der Waals surface area contributed by atoms with Crippen LogP contribution in [0.15, 0.2) is 18.3 Å². The molecule has 0 fully saturated rings. The summed E-state index contributed by atoms with van der Waals surface area (Å²) in [5, 5.41) is 3.54. The zero-order valence-electron chi connectivity index (χ0n) is 11.4. The number of nitrogens with zero attached hydrogens (tertiary/aromatic N) is 1. The Morgan fingerprint density at radius 2 is 2.18 bits per heavy atom. The van der Waals surface area contributed by atoms with E-state index in [1.54, 1.807) is 13.3 Å². The van der Waals surface area contributed by atoms with Crippen LogP contribution in [-0.2, 0) is 0 Å². The molecule has 0 amide bonds. The van der Waals surface area contributed by atoms with Gasteiger partial charge in [0, 0.05) is 17.8 Å². The monoisotopic (exact) mass is 236 g/mol. The summed E-state index contributed by atoms with van der Waals surface area (Å²) in [6.45, 7) is 7.59. The molecule has 3 heteroatoms. The van der Waals surface area contributed by atoms with Crippen LogP contribution < -0.4 is 10.1 Å². The molecule has 2 unspecified atom stereocenters. The van der Waals surface area contributed by atoms with E-state index >= 15 is 0 Å². The minimum absolute atomic E-state index is 0.323. The molecule has 2 atom stereocenters. The van der Waals surface area contributed by atoms with E-state index in [1.807, 2.05) is 6.07 Å². The maximum atomic E-state index is 5.35. The molecular weight excluding hydrogens is 212 g/mol. The topological polar surface area (TPSA) is 34.2 Å². The lowest BCUT2D eigenvalue weighted by Gasteiger charge is -2.25. The number of nitrogens with one attached hydrogen (secondary N) is 1. The first kappa shape index (κ1) is 14.0. The lowest BCUT2D eigenvalue weighted by molar-refractivity contribution is 0.339. The van der Waals surface area contributed by atoms with Crippen molar-refractivity contribution in [2.24, 2.45) is 5.92 Å². The van der Waals surface area contributed by atoms with E-state index in [0.29, 0.717) is 12.0 Å². The van der Waals surface area contributed by atoms with Crippen LogP contribution in [0.4, 0.5) is 0 Å². The van der Waals surface area contributed by atoms with Crippen molar-refractivity contribution in [2.75, 3.05) is 13.7 Å². The summed E-state index contributed by atoms with van der Waals surface area (Å²) < 4.78 is 5.35. The first-order chi connectivity index (χ1) is 8.24. The van der Waals surface area contributed by atoms with Crippen LogP contribution in [0.25, 0.3) is 0 Å². The largest absolute Gasteiger partial charge is 0.481 e. The minimum Gasteiger partial charge on any atom is -0.481 e. The van der Waals surface area contributed by atoms with Gasteiger partial charge in [-0.05, 0) is 24.9 Å². The van der Waals surface area contributed by atoms with E-state index in [9.17, 15) is 0 Å². The number of methoxy groups -OCH3 is 1. The Kier molecular flexibility index (Phi) is 5.98. The SMILES string of the molecule is CCCC(C)C(NCC)c1cccnc1OC. The van der Waals surface area contributed by atoms with Gasteiger partial charge in [-0.1, -0.05) is 33.3 Å². The van der Waals surface area contributed by atoms with Crippen molar-refractivity contribution in [2.45, 2.75) is 39.7 Å². The zero-order chi connectivity index (χ0) is 12.7. The second kappa shape index (κ2) is 7.28. The first-order valence-electron chi connectivity index (χ1n) is 6.46. The second-order valence-electron chi connectivity index (χ2n) is 4.40. The molecule has 1 aromatic heterocycles. The van der Waals surface area contributed by atoms with Crippen LogP contribution in [0.1, 0.15) is 45.2 Å². The highest BCUT2D eigenvalue weighted by atomic mass is 16.5. The number of hydrogen-bond acceptors (Lipinski definition) is 3. The van der Waals surface area contributed by atoms with E-state index in [0.717, 1.165) is 18.0 Å². The lowest BCUT2D eigenvalue weighted by Crippen LogP contribution is -2.27. The average Bonchev–Trinajstić information content (AvgIpc) is 2.36. The van der Waals surface area contributed by atoms with E-state index in [2.05, 4.69) is 37.1 Å². The number of aromatic nitrogens is 1. The molecular formula is C14H24N2O. The van der Waals surface area contributed by atoms with Crippen molar-refractivity contribution in [3.05, 3.63) is 23.9 Å². The molecule has 17 heavy (non-hydrogen) atoms. The molecule has 1 N–H and O–H groups in total. The van der Waals surface area contributed by atoms with Gasteiger partial charge in [0.1, 0.15) is 0 Å². The number of ether oxygens (including phenoxy) is 1. The molecule has 0 aromatic carbocycles. The van der Waals surface area contributed by atoms with Crippen LogP contribution >= 0.6 is 0 Å². The van der Waals surface area contributed by atoms with E-state index in [4.69, 9.17) is 4.74 Å². The predicted molar refractivity (Wildman–Crippen MR) is 71.3 cm³/mol. The number of hydrogen-bond donors (Lipinski definition) is 1. The van der Waals surface area contributed by atoms with Crippen molar-refractivity contribution >= 4 is 0 Å². The summed E-state index contributed by atoms with van der Waals surface area (Å²) >= 11 is 0. The standard InChI is InChI=1S/C14H24N2O/c1-5-8-11(3)13(15-6-2)12-9-7-10-16-14(12)17-4/h7,9-11,13,15H,5-6,8H2,1-4H3. The van der Waals surface area contributed by atoms with Gasteiger partial charge in [0.25, 0.3) is 0 Å². The van der Waals surface area contributed by atoms with Crippen molar-refractivity contribution < 1.29 is 4.74 Å². The van der Waals surface area contributed by atoms with Gasteiger partial charge in [-0.2, -0.15) is 0 Å². The number of pyridine rings is 1. The molecule has 3 nitrogen and oxygen atoms in total. The molecule has 1 aromatic rings. The van der Waals surface area contributed by atoms with E-state index in [1.165, 1.54) is 12.8 Å². The van der Waals surface area contributed by atoms with Gasteiger partial charge in [0.15, 0.2) is 0 Å².